The molecule has 0 unspecified atom stereocenters. The highest BCUT2D eigenvalue weighted by Gasteiger charge is 2.46. The summed E-state index contributed by atoms with van der Waals surface area (Å²) < 4.78 is 8.28. The highest BCUT2D eigenvalue weighted by Crippen LogP contribution is 2.53. The lowest BCUT2D eigenvalue weighted by atomic mass is 9.56. The predicted molar refractivity (Wildman–Crippen MR) is 224 cm³/mol. The summed E-state index contributed by atoms with van der Waals surface area (Å²) in [6, 6.07) is 11.6. The number of amides is 1. The SMILES string of the molecule is Cc1sc2c(c1C)C(c1ccc(CC3CC4(CCN(c5ncc(C(=O)NC6CCC(Oc7ccc(C#N)c(Cl)c7)CC6)cn5)CC4)C3)nc1)=N[C@@H](C)c1nnc(C)n1-2. The van der Waals surface area contributed by atoms with Gasteiger partial charge in [0.2, 0.25) is 5.95 Å². The number of nitrogens with one attached hydrogen (secondary N) is 1. The summed E-state index contributed by atoms with van der Waals surface area (Å²) in [5.74, 6) is 3.60. The number of pyridine rings is 1. The summed E-state index contributed by atoms with van der Waals surface area (Å²) in [6.45, 7) is 10.3. The Kier molecular flexibility index (Phi) is 10.3. The molecule has 1 aromatic carbocycles. The molecule has 2 saturated carbocycles. The number of fused-ring (bicyclic) bond motifs is 3. The lowest BCUT2D eigenvalue weighted by Crippen LogP contribution is -2.48. The monoisotopic (exact) mass is 814 g/mol. The number of rotatable bonds is 8. The van der Waals surface area contributed by atoms with Crippen LogP contribution < -0.4 is 15.0 Å². The van der Waals surface area contributed by atoms with Gasteiger partial charge in [0, 0.05) is 65.5 Å². The number of benzene rings is 1. The zero-order valence-corrected chi connectivity index (χ0v) is 34.9. The third-order valence-corrected chi connectivity index (χ3v) is 14.3. The number of piperidine rings is 1. The molecule has 1 spiro atoms. The van der Waals surface area contributed by atoms with Gasteiger partial charge in [-0.3, -0.25) is 19.3 Å². The quantitative estimate of drug-likeness (QED) is 0.164. The number of aryl methyl sites for hydroxylation is 2. The first kappa shape index (κ1) is 38.3. The fourth-order valence-corrected chi connectivity index (χ4v) is 10.8. The van der Waals surface area contributed by atoms with E-state index in [1.54, 1.807) is 41.9 Å². The second-order valence-corrected chi connectivity index (χ2v) is 18.3. The fourth-order valence-electron chi connectivity index (χ4n) is 9.41. The van der Waals surface area contributed by atoms with Gasteiger partial charge < -0.3 is 15.0 Å². The molecule has 1 amide bonds. The summed E-state index contributed by atoms with van der Waals surface area (Å²) in [6.07, 6.45) is 14.3. The zero-order chi connectivity index (χ0) is 40.1. The Bertz CT molecular complexity index is 2410. The molecule has 0 bridgehead atoms. The number of thiophene rings is 1. The molecular formula is C44H47ClN10O2S. The van der Waals surface area contributed by atoms with Crippen molar-refractivity contribution < 1.29 is 9.53 Å². The van der Waals surface area contributed by atoms with E-state index in [0.29, 0.717) is 39.2 Å². The summed E-state index contributed by atoms with van der Waals surface area (Å²) in [7, 11) is 0. The number of aromatic nitrogens is 6. The molecule has 298 valence electrons. The molecule has 1 N–H and O–H groups in total. The van der Waals surface area contributed by atoms with Crippen LogP contribution in [-0.2, 0) is 6.42 Å². The van der Waals surface area contributed by atoms with Crippen LogP contribution in [0.4, 0.5) is 5.95 Å². The summed E-state index contributed by atoms with van der Waals surface area (Å²) in [5.41, 5.74) is 6.87. The fraction of sp³-hybridized carbons (Fsp3) is 0.455. The van der Waals surface area contributed by atoms with Gasteiger partial charge in [0.05, 0.1) is 28.0 Å². The van der Waals surface area contributed by atoms with E-state index < -0.39 is 0 Å². The first-order valence-electron chi connectivity index (χ1n) is 20.4. The number of ether oxygens (including phenoxy) is 1. The molecule has 1 saturated heterocycles. The highest BCUT2D eigenvalue weighted by molar-refractivity contribution is 7.15. The third kappa shape index (κ3) is 7.37. The van der Waals surface area contributed by atoms with Crippen LogP contribution >= 0.6 is 22.9 Å². The molecular weight excluding hydrogens is 768 g/mol. The first-order chi connectivity index (χ1) is 28.1. The second-order valence-electron chi connectivity index (χ2n) is 16.7. The first-order valence-corrected chi connectivity index (χ1v) is 21.6. The van der Waals surface area contributed by atoms with Crippen LogP contribution in [0.15, 0.2) is 53.9 Å². The van der Waals surface area contributed by atoms with Crippen LogP contribution in [0.1, 0.15) is 119 Å². The largest absolute Gasteiger partial charge is 0.490 e. The Balaban J connectivity index is 0.738. The molecule has 12 nitrogen and oxygen atoms in total. The molecule has 0 radical (unpaired) electrons. The van der Waals surface area contributed by atoms with Gasteiger partial charge in [0.25, 0.3) is 5.91 Å². The maximum atomic E-state index is 13.1. The Labute approximate surface area is 347 Å². The van der Waals surface area contributed by atoms with Gasteiger partial charge in [-0.15, -0.1) is 21.5 Å². The van der Waals surface area contributed by atoms with Crippen LogP contribution in [0, 0.1) is 43.4 Å². The average Bonchev–Trinajstić information content (AvgIpc) is 3.71. The number of hydrogen-bond acceptors (Lipinski definition) is 11. The van der Waals surface area contributed by atoms with Gasteiger partial charge in [-0.25, -0.2) is 9.97 Å². The van der Waals surface area contributed by atoms with Crippen molar-refractivity contribution in [1.29, 1.82) is 5.26 Å². The van der Waals surface area contributed by atoms with Crippen molar-refractivity contribution in [2.75, 3.05) is 18.0 Å². The van der Waals surface area contributed by atoms with Gasteiger partial charge in [0.15, 0.2) is 5.82 Å². The normalized spacial score (nSPS) is 21.3. The third-order valence-electron chi connectivity index (χ3n) is 12.8. The Morgan fingerprint density at radius 1 is 1.02 bits per heavy atom. The second kappa shape index (κ2) is 15.5. The molecule has 1 atom stereocenters. The minimum atomic E-state index is -0.146. The smallest absolute Gasteiger partial charge is 0.254 e. The van der Waals surface area contributed by atoms with Crippen molar-refractivity contribution >= 4 is 40.5 Å². The maximum Gasteiger partial charge on any atom is 0.254 e. The van der Waals surface area contributed by atoms with E-state index in [-0.39, 0.29) is 24.1 Å². The van der Waals surface area contributed by atoms with Gasteiger partial charge in [-0.2, -0.15) is 5.26 Å². The molecule has 9 rings (SSSR count). The van der Waals surface area contributed by atoms with Crippen molar-refractivity contribution in [1.82, 2.24) is 35.0 Å². The van der Waals surface area contributed by atoms with E-state index in [2.05, 4.69) is 73.9 Å². The van der Waals surface area contributed by atoms with Crippen LogP contribution in [-0.4, -0.2) is 66.6 Å². The Hall–Kier alpha value is -5.19. The van der Waals surface area contributed by atoms with Crippen molar-refractivity contribution in [3.8, 4) is 16.8 Å². The molecule has 4 aromatic heterocycles. The van der Waals surface area contributed by atoms with E-state index >= 15 is 0 Å². The molecule has 6 heterocycles. The molecule has 58 heavy (non-hydrogen) atoms. The van der Waals surface area contributed by atoms with Gasteiger partial charge in [-0.05, 0) is 127 Å². The molecule has 4 aliphatic rings. The highest BCUT2D eigenvalue weighted by atomic mass is 35.5. The van der Waals surface area contributed by atoms with E-state index in [1.165, 1.54) is 23.3 Å². The lowest BCUT2D eigenvalue weighted by molar-refractivity contribution is 0.0276. The minimum absolute atomic E-state index is 0.0432. The lowest BCUT2D eigenvalue weighted by Gasteiger charge is -2.52. The Morgan fingerprint density at radius 2 is 1.78 bits per heavy atom. The average molecular weight is 815 g/mol. The van der Waals surface area contributed by atoms with Crippen molar-refractivity contribution in [2.45, 2.75) is 104 Å². The van der Waals surface area contributed by atoms with Gasteiger partial charge in [0.1, 0.15) is 28.7 Å². The Morgan fingerprint density at radius 3 is 2.47 bits per heavy atom. The summed E-state index contributed by atoms with van der Waals surface area (Å²) in [4.78, 5) is 36.0. The number of nitriles is 1. The van der Waals surface area contributed by atoms with Crippen LogP contribution in [0.25, 0.3) is 5.00 Å². The van der Waals surface area contributed by atoms with Gasteiger partial charge in [-0.1, -0.05) is 11.6 Å². The zero-order valence-electron chi connectivity index (χ0n) is 33.3. The van der Waals surface area contributed by atoms with Crippen molar-refractivity contribution in [3.05, 3.63) is 104 Å². The van der Waals surface area contributed by atoms with Crippen LogP contribution in [0.5, 0.6) is 5.75 Å². The van der Waals surface area contributed by atoms with Crippen LogP contribution in [0.2, 0.25) is 5.02 Å². The molecule has 3 fully saturated rings. The van der Waals surface area contributed by atoms with Crippen LogP contribution in [0.3, 0.4) is 0 Å². The number of anilines is 1. The molecule has 2 aliphatic heterocycles. The number of carbonyl (C=O) groups excluding carboxylic acids is 1. The number of carbonyl (C=O) groups is 1. The standard InChI is InChI=1S/C44H47ClN10O2S/c1-25-27(3)58-42-38(25)39(50-26(2)40-53-52-28(4)55(40)42)31-5-7-34(47-22-31)17-29-19-44(20-29)13-15-54(16-14-44)43-48-23-32(24-49-43)41(56)51-33-8-11-35(12-9-33)57-36-10-6-30(21-46)37(45)18-36/h5-7,10,18,22-24,26,29,33,35H,8-9,11-17,19-20H2,1-4H3,(H,51,56)/t26-,33?,35?/m0/s1. The molecule has 5 aromatic rings. The minimum Gasteiger partial charge on any atom is -0.490 e. The molecule has 14 heteroatoms. The van der Waals surface area contributed by atoms with E-state index in [4.69, 9.17) is 31.6 Å². The van der Waals surface area contributed by atoms with Crippen molar-refractivity contribution in [3.63, 3.8) is 0 Å². The number of aliphatic imine (C=N–C) groups is 1. The van der Waals surface area contributed by atoms with E-state index in [9.17, 15) is 4.79 Å². The predicted octanol–water partition coefficient (Wildman–Crippen LogP) is 8.24. The number of halogens is 1. The number of hydrogen-bond donors (Lipinski definition) is 1. The summed E-state index contributed by atoms with van der Waals surface area (Å²) >= 11 is 7.94. The van der Waals surface area contributed by atoms with E-state index in [1.807, 2.05) is 13.1 Å². The maximum absolute atomic E-state index is 13.1. The number of nitrogens with zero attached hydrogens (tertiary/aromatic N) is 9. The summed E-state index contributed by atoms with van der Waals surface area (Å²) in [5, 5.41) is 22.7. The van der Waals surface area contributed by atoms with E-state index in [0.717, 1.165) is 97.2 Å². The topological polar surface area (TPSA) is 147 Å². The van der Waals surface area contributed by atoms with Crippen molar-refractivity contribution in [2.24, 2.45) is 16.3 Å². The molecule has 2 aliphatic carbocycles. The van der Waals surface area contributed by atoms with Gasteiger partial charge >= 0.3 is 0 Å².